The van der Waals surface area contributed by atoms with E-state index in [0.717, 1.165) is 0 Å². The molecule has 0 spiro atoms. The summed E-state index contributed by atoms with van der Waals surface area (Å²) < 4.78 is 0. The van der Waals surface area contributed by atoms with Crippen molar-refractivity contribution >= 4 is 11.9 Å². The van der Waals surface area contributed by atoms with Crippen LogP contribution >= 0.6 is 0 Å². The van der Waals surface area contributed by atoms with E-state index in [1.165, 1.54) is 0 Å². The summed E-state index contributed by atoms with van der Waals surface area (Å²) in [6.07, 6.45) is 0. The maximum Gasteiger partial charge on any atom is 0.311 e. The standard InChI is InChI=1S/C19H27NO3/c1-7-20(16(4,5)6)14(21)18-10-9-11(18)13-17(9,8(2)3)12(10)19(13,18)15(22)23/h8-13H,7H2,1-6H3,(H,22,23). The molecule has 0 aromatic heterocycles. The first-order chi connectivity index (χ1) is 10.6. The summed E-state index contributed by atoms with van der Waals surface area (Å²) in [7, 11) is 0. The van der Waals surface area contributed by atoms with Crippen LogP contribution < -0.4 is 0 Å². The molecule has 0 saturated heterocycles. The number of carbonyl (C=O) groups excluding carboxylic acids is 1. The Morgan fingerprint density at radius 2 is 1.61 bits per heavy atom. The van der Waals surface area contributed by atoms with Crippen LogP contribution in [0.3, 0.4) is 0 Å². The van der Waals surface area contributed by atoms with Gasteiger partial charge in [0, 0.05) is 12.1 Å². The Morgan fingerprint density at radius 3 is 1.96 bits per heavy atom. The van der Waals surface area contributed by atoms with Crippen molar-refractivity contribution in [3.05, 3.63) is 0 Å². The molecule has 0 aliphatic heterocycles. The van der Waals surface area contributed by atoms with E-state index in [2.05, 4.69) is 34.6 Å². The molecule has 6 aliphatic rings. The van der Waals surface area contributed by atoms with E-state index in [4.69, 9.17) is 0 Å². The number of amides is 1. The van der Waals surface area contributed by atoms with Crippen LogP contribution in [0, 0.1) is 51.8 Å². The maximum atomic E-state index is 13.5. The molecule has 23 heavy (non-hydrogen) atoms. The number of carbonyl (C=O) groups is 2. The van der Waals surface area contributed by atoms with Crippen LogP contribution in [0.5, 0.6) is 0 Å². The first kappa shape index (κ1) is 14.3. The fourth-order valence-corrected chi connectivity index (χ4v) is 8.93. The number of carboxylic acid groups (broad SMARTS) is 1. The molecular weight excluding hydrogens is 290 g/mol. The molecule has 1 N–H and O–H groups in total. The van der Waals surface area contributed by atoms with Gasteiger partial charge in [0.25, 0.3) is 0 Å². The number of carboxylic acids is 1. The SMILES string of the molecule is CCN(C(=O)C12C3C4C1C1C4(C(C)C)C3C12C(=O)O)C(C)(C)C. The molecule has 4 nitrogen and oxygen atoms in total. The van der Waals surface area contributed by atoms with Gasteiger partial charge in [-0.25, -0.2) is 0 Å². The maximum absolute atomic E-state index is 13.5. The van der Waals surface area contributed by atoms with Crippen molar-refractivity contribution in [3.8, 4) is 0 Å². The lowest BCUT2D eigenvalue weighted by Gasteiger charge is -3.14. The lowest BCUT2D eigenvalue weighted by Crippen LogP contribution is -3.17. The molecule has 6 rings (SSSR count). The summed E-state index contributed by atoms with van der Waals surface area (Å²) in [5, 5.41) is 10.1. The van der Waals surface area contributed by atoms with Crippen molar-refractivity contribution in [2.75, 3.05) is 6.54 Å². The fraction of sp³-hybridized carbons (Fsp3) is 0.895. The molecule has 126 valence electrons. The summed E-state index contributed by atoms with van der Waals surface area (Å²) in [5.41, 5.74) is -1.18. The van der Waals surface area contributed by atoms with Gasteiger partial charge in [-0.05, 0) is 68.6 Å². The second-order valence-corrected chi connectivity index (χ2v) is 9.95. The lowest BCUT2D eigenvalue weighted by atomic mass is 8.87. The number of nitrogens with zero attached hydrogens (tertiary/aromatic N) is 1. The monoisotopic (exact) mass is 317 g/mol. The Kier molecular flexibility index (Phi) is 1.99. The molecule has 1 amide bonds. The van der Waals surface area contributed by atoms with Gasteiger partial charge in [0.15, 0.2) is 0 Å². The topological polar surface area (TPSA) is 57.6 Å². The zero-order valence-electron chi connectivity index (χ0n) is 14.9. The van der Waals surface area contributed by atoms with Gasteiger partial charge >= 0.3 is 5.97 Å². The first-order valence-electron chi connectivity index (χ1n) is 9.15. The molecule has 6 aliphatic carbocycles. The Hall–Kier alpha value is -1.06. The normalized spacial score (nSPS) is 55.7. The molecular formula is C19H27NO3. The smallest absolute Gasteiger partial charge is 0.311 e. The highest BCUT2D eigenvalue weighted by atomic mass is 16.4. The summed E-state index contributed by atoms with van der Waals surface area (Å²) >= 11 is 0. The van der Waals surface area contributed by atoms with Gasteiger partial charge in [-0.2, -0.15) is 0 Å². The van der Waals surface area contributed by atoms with Crippen LogP contribution in [0.4, 0.5) is 0 Å². The van der Waals surface area contributed by atoms with Crippen molar-refractivity contribution in [1.29, 1.82) is 0 Å². The molecule has 0 aromatic rings. The van der Waals surface area contributed by atoms with Gasteiger partial charge in [-0.15, -0.1) is 0 Å². The average molecular weight is 317 g/mol. The van der Waals surface area contributed by atoms with E-state index >= 15 is 0 Å². The molecule has 4 atom stereocenters. The molecule has 0 bridgehead atoms. The van der Waals surface area contributed by atoms with Gasteiger partial charge in [0.05, 0.1) is 10.8 Å². The van der Waals surface area contributed by atoms with E-state index in [9.17, 15) is 14.7 Å². The van der Waals surface area contributed by atoms with Crippen LogP contribution in [0.15, 0.2) is 0 Å². The molecule has 6 fully saturated rings. The van der Waals surface area contributed by atoms with E-state index in [-0.39, 0.29) is 28.7 Å². The van der Waals surface area contributed by atoms with Gasteiger partial charge in [0.1, 0.15) is 0 Å². The minimum absolute atomic E-state index is 0.144. The largest absolute Gasteiger partial charge is 0.481 e. The Morgan fingerprint density at radius 1 is 1.09 bits per heavy atom. The number of hydrogen-bond acceptors (Lipinski definition) is 2. The lowest BCUT2D eigenvalue weighted by molar-refractivity contribution is -0.679. The predicted octanol–water partition coefficient (Wildman–Crippen LogP) is 2.48. The first-order valence-corrected chi connectivity index (χ1v) is 9.15. The Labute approximate surface area is 137 Å². The number of hydrogen-bond donors (Lipinski definition) is 1. The van der Waals surface area contributed by atoms with Crippen molar-refractivity contribution in [2.45, 2.75) is 47.1 Å². The van der Waals surface area contributed by atoms with Crippen LogP contribution in [0.2, 0.25) is 0 Å². The van der Waals surface area contributed by atoms with E-state index < -0.39 is 16.8 Å². The summed E-state index contributed by atoms with van der Waals surface area (Å²) in [6.45, 7) is 13.3. The van der Waals surface area contributed by atoms with Crippen LogP contribution in [0.25, 0.3) is 0 Å². The third-order valence-corrected chi connectivity index (χ3v) is 8.94. The Bertz CT molecular complexity index is 653. The number of aliphatic carboxylic acids is 1. The molecule has 4 unspecified atom stereocenters. The van der Waals surface area contributed by atoms with Crippen molar-refractivity contribution in [2.24, 2.45) is 51.8 Å². The summed E-state index contributed by atoms with van der Waals surface area (Å²) in [4.78, 5) is 27.6. The summed E-state index contributed by atoms with van der Waals surface area (Å²) in [5.74, 6) is 1.99. The zero-order valence-corrected chi connectivity index (χ0v) is 14.9. The van der Waals surface area contributed by atoms with Gasteiger partial charge < -0.3 is 10.0 Å². The van der Waals surface area contributed by atoms with Crippen LogP contribution in [-0.4, -0.2) is 34.0 Å². The molecule has 6 saturated carbocycles. The third-order valence-electron chi connectivity index (χ3n) is 8.94. The third kappa shape index (κ3) is 0.816. The second kappa shape index (κ2) is 3.21. The quantitative estimate of drug-likeness (QED) is 0.866. The van der Waals surface area contributed by atoms with Gasteiger partial charge in [0.2, 0.25) is 5.91 Å². The molecule has 4 heteroatoms. The summed E-state index contributed by atoms with van der Waals surface area (Å²) in [6, 6.07) is 0. The second-order valence-electron chi connectivity index (χ2n) is 9.95. The molecule has 0 radical (unpaired) electrons. The van der Waals surface area contributed by atoms with E-state index in [1.807, 2.05) is 11.8 Å². The molecule has 0 heterocycles. The highest BCUT2D eigenvalue weighted by Gasteiger charge is 3.18. The van der Waals surface area contributed by atoms with Crippen molar-refractivity contribution in [3.63, 3.8) is 0 Å². The van der Waals surface area contributed by atoms with Crippen LogP contribution in [0.1, 0.15) is 41.5 Å². The number of rotatable bonds is 4. The fourth-order valence-electron chi connectivity index (χ4n) is 8.93. The highest BCUT2D eigenvalue weighted by molar-refractivity contribution is 6.03. The van der Waals surface area contributed by atoms with Crippen LogP contribution in [-0.2, 0) is 9.59 Å². The average Bonchev–Trinajstić information content (AvgIpc) is 2.44. The highest BCUT2D eigenvalue weighted by Crippen LogP contribution is 3.15. The zero-order chi connectivity index (χ0) is 16.9. The van der Waals surface area contributed by atoms with Crippen molar-refractivity contribution < 1.29 is 14.7 Å². The minimum Gasteiger partial charge on any atom is -0.481 e. The predicted molar refractivity (Wildman–Crippen MR) is 84.4 cm³/mol. The Balaban J connectivity index is 1.56. The van der Waals surface area contributed by atoms with E-state index in [1.54, 1.807) is 0 Å². The van der Waals surface area contributed by atoms with Gasteiger partial charge in [-0.3, -0.25) is 9.59 Å². The van der Waals surface area contributed by atoms with Gasteiger partial charge in [-0.1, -0.05) is 13.8 Å². The molecule has 0 aromatic carbocycles. The van der Waals surface area contributed by atoms with Crippen molar-refractivity contribution in [1.82, 2.24) is 4.90 Å². The minimum atomic E-state index is -0.697. The van der Waals surface area contributed by atoms with E-state index in [0.29, 0.717) is 30.2 Å².